The first-order valence-electron chi connectivity index (χ1n) is 5.71. The van der Waals surface area contributed by atoms with E-state index >= 15 is 0 Å². The summed E-state index contributed by atoms with van der Waals surface area (Å²) in [6, 6.07) is 9.87. The Morgan fingerprint density at radius 3 is 2.75 bits per heavy atom. The van der Waals surface area contributed by atoms with Gasteiger partial charge >= 0.3 is 0 Å². The van der Waals surface area contributed by atoms with Crippen LogP contribution in [0.25, 0.3) is 0 Å². The molecule has 2 unspecified atom stereocenters. The van der Waals surface area contributed by atoms with Crippen molar-refractivity contribution in [1.82, 2.24) is 5.32 Å². The zero-order valence-electron chi connectivity index (χ0n) is 9.16. The van der Waals surface area contributed by atoms with Gasteiger partial charge in [-0.1, -0.05) is 30.3 Å². The Balaban J connectivity index is 1.80. The van der Waals surface area contributed by atoms with E-state index in [2.05, 4.69) is 5.32 Å². The van der Waals surface area contributed by atoms with E-state index in [9.17, 15) is 4.79 Å². The van der Waals surface area contributed by atoms with E-state index in [1.165, 1.54) is 0 Å². The van der Waals surface area contributed by atoms with E-state index in [1.807, 2.05) is 30.3 Å². The van der Waals surface area contributed by atoms with Crippen molar-refractivity contribution in [3.8, 4) is 0 Å². The van der Waals surface area contributed by atoms with Gasteiger partial charge in [0, 0.05) is 29.9 Å². The molecule has 0 amide bonds. The van der Waals surface area contributed by atoms with Crippen LogP contribution in [-0.2, 0) is 0 Å². The quantitative estimate of drug-likeness (QED) is 0.644. The summed E-state index contributed by atoms with van der Waals surface area (Å²) in [6.45, 7) is 0.867. The highest BCUT2D eigenvalue weighted by atomic mass is 35.5. The smallest absolute Gasteiger partial charge is 0.162 e. The molecule has 16 heavy (non-hydrogen) atoms. The summed E-state index contributed by atoms with van der Waals surface area (Å²) in [5.74, 6) is 0.223. The Labute approximate surface area is 101 Å². The maximum absolute atomic E-state index is 11.8. The van der Waals surface area contributed by atoms with Gasteiger partial charge in [-0.3, -0.25) is 4.79 Å². The molecule has 1 fully saturated rings. The van der Waals surface area contributed by atoms with Crippen LogP contribution in [0.2, 0.25) is 0 Å². The van der Waals surface area contributed by atoms with E-state index < -0.39 is 0 Å². The molecule has 3 heteroatoms. The number of carbonyl (C=O) groups is 1. The second-order valence-electron chi connectivity index (χ2n) is 4.27. The maximum Gasteiger partial charge on any atom is 0.162 e. The van der Waals surface area contributed by atoms with Crippen LogP contribution in [0.5, 0.6) is 0 Å². The standard InChI is InChI=1S/C13H16ClNO/c14-11-8-12(15-9-11)6-7-13(16)10-4-2-1-3-5-10/h1-5,11-12,15H,6-9H2. The Kier molecular flexibility index (Phi) is 3.97. The number of halogens is 1. The van der Waals surface area contributed by atoms with Crippen molar-refractivity contribution in [3.63, 3.8) is 0 Å². The van der Waals surface area contributed by atoms with E-state index in [0.29, 0.717) is 12.5 Å². The van der Waals surface area contributed by atoms with Gasteiger partial charge in [0.05, 0.1) is 0 Å². The fraction of sp³-hybridized carbons (Fsp3) is 0.462. The molecule has 86 valence electrons. The van der Waals surface area contributed by atoms with Gasteiger partial charge in [0.1, 0.15) is 0 Å². The number of nitrogens with one attached hydrogen (secondary N) is 1. The van der Waals surface area contributed by atoms with Crippen LogP contribution in [0, 0.1) is 0 Å². The number of Topliss-reactive ketones (excluding diaryl/α,β-unsaturated/α-hetero) is 1. The molecule has 1 aromatic carbocycles. The van der Waals surface area contributed by atoms with E-state index in [-0.39, 0.29) is 11.2 Å². The molecule has 1 aliphatic heterocycles. The Morgan fingerprint density at radius 2 is 2.12 bits per heavy atom. The Hall–Kier alpha value is -0.860. The second-order valence-corrected chi connectivity index (χ2v) is 4.88. The lowest BCUT2D eigenvalue weighted by molar-refractivity contribution is 0.0976. The highest BCUT2D eigenvalue weighted by Crippen LogP contribution is 2.17. The molecule has 1 N–H and O–H groups in total. The normalized spacial score (nSPS) is 24.6. The second kappa shape index (κ2) is 5.46. The predicted molar refractivity (Wildman–Crippen MR) is 66.1 cm³/mol. The van der Waals surface area contributed by atoms with Crippen molar-refractivity contribution < 1.29 is 4.79 Å². The van der Waals surface area contributed by atoms with Crippen LogP contribution in [-0.4, -0.2) is 23.7 Å². The molecular formula is C13H16ClNO. The van der Waals surface area contributed by atoms with Crippen molar-refractivity contribution in [2.24, 2.45) is 0 Å². The molecule has 2 nitrogen and oxygen atoms in total. The van der Waals surface area contributed by atoms with Gasteiger partial charge in [-0.25, -0.2) is 0 Å². The molecule has 0 aliphatic carbocycles. The molecule has 0 radical (unpaired) electrons. The van der Waals surface area contributed by atoms with Gasteiger partial charge in [0.25, 0.3) is 0 Å². The minimum Gasteiger partial charge on any atom is -0.312 e. The lowest BCUT2D eigenvalue weighted by atomic mass is 10.0. The first kappa shape index (κ1) is 11.6. The Morgan fingerprint density at radius 1 is 1.38 bits per heavy atom. The van der Waals surface area contributed by atoms with Crippen LogP contribution in [0.4, 0.5) is 0 Å². The van der Waals surface area contributed by atoms with Crippen LogP contribution in [0.1, 0.15) is 29.6 Å². The molecule has 1 heterocycles. The van der Waals surface area contributed by atoms with Gasteiger partial charge in [-0.15, -0.1) is 11.6 Å². The SMILES string of the molecule is O=C(CCC1CC(Cl)CN1)c1ccccc1. The minimum absolute atomic E-state index is 0.223. The van der Waals surface area contributed by atoms with Crippen molar-refractivity contribution in [3.05, 3.63) is 35.9 Å². The molecule has 0 aromatic heterocycles. The molecule has 1 aromatic rings. The molecular weight excluding hydrogens is 222 g/mol. The van der Waals surface area contributed by atoms with Crippen molar-refractivity contribution in [2.75, 3.05) is 6.54 Å². The summed E-state index contributed by atoms with van der Waals surface area (Å²) in [6.07, 6.45) is 2.46. The largest absolute Gasteiger partial charge is 0.312 e. The zero-order chi connectivity index (χ0) is 11.4. The fourth-order valence-electron chi connectivity index (χ4n) is 2.06. The van der Waals surface area contributed by atoms with Crippen molar-refractivity contribution in [1.29, 1.82) is 0 Å². The van der Waals surface area contributed by atoms with E-state index in [1.54, 1.807) is 0 Å². The van der Waals surface area contributed by atoms with Crippen LogP contribution in [0.15, 0.2) is 30.3 Å². The Bertz CT molecular complexity index is 352. The van der Waals surface area contributed by atoms with Crippen molar-refractivity contribution in [2.45, 2.75) is 30.7 Å². The van der Waals surface area contributed by atoms with Gasteiger partial charge in [0.2, 0.25) is 0 Å². The summed E-state index contributed by atoms with van der Waals surface area (Å²) in [7, 11) is 0. The third-order valence-electron chi connectivity index (χ3n) is 2.98. The van der Waals surface area contributed by atoms with Gasteiger partial charge in [0.15, 0.2) is 5.78 Å². The highest BCUT2D eigenvalue weighted by molar-refractivity contribution is 6.21. The van der Waals surface area contributed by atoms with Gasteiger partial charge in [-0.2, -0.15) is 0 Å². The number of benzene rings is 1. The van der Waals surface area contributed by atoms with E-state index in [0.717, 1.165) is 24.9 Å². The first-order valence-corrected chi connectivity index (χ1v) is 6.15. The number of rotatable bonds is 4. The summed E-state index contributed by atoms with van der Waals surface area (Å²) in [5.41, 5.74) is 0.808. The average molecular weight is 238 g/mol. The molecule has 1 saturated heterocycles. The lowest BCUT2D eigenvalue weighted by Crippen LogP contribution is -2.22. The average Bonchev–Trinajstić information content (AvgIpc) is 2.73. The number of ketones is 1. The predicted octanol–water partition coefficient (Wildman–Crippen LogP) is 2.62. The lowest BCUT2D eigenvalue weighted by Gasteiger charge is -2.08. The number of hydrogen-bond acceptors (Lipinski definition) is 2. The van der Waals surface area contributed by atoms with Crippen molar-refractivity contribution >= 4 is 17.4 Å². The molecule has 0 saturated carbocycles. The summed E-state index contributed by atoms with van der Waals surface area (Å²) in [4.78, 5) is 11.8. The summed E-state index contributed by atoms with van der Waals surface area (Å²) < 4.78 is 0. The molecule has 2 rings (SSSR count). The van der Waals surface area contributed by atoms with Crippen LogP contribution in [0.3, 0.4) is 0 Å². The third kappa shape index (κ3) is 3.06. The van der Waals surface area contributed by atoms with Gasteiger partial charge < -0.3 is 5.32 Å². The van der Waals surface area contributed by atoms with Crippen LogP contribution < -0.4 is 5.32 Å². The topological polar surface area (TPSA) is 29.1 Å². The minimum atomic E-state index is 0.223. The monoisotopic (exact) mass is 237 g/mol. The zero-order valence-corrected chi connectivity index (χ0v) is 9.91. The molecule has 2 atom stereocenters. The number of alkyl halides is 1. The number of carbonyl (C=O) groups excluding carboxylic acids is 1. The third-order valence-corrected chi connectivity index (χ3v) is 3.32. The van der Waals surface area contributed by atoms with E-state index in [4.69, 9.17) is 11.6 Å². The molecule has 0 spiro atoms. The fourth-order valence-corrected chi connectivity index (χ4v) is 2.37. The van der Waals surface area contributed by atoms with Crippen LogP contribution >= 0.6 is 11.6 Å². The molecule has 0 bridgehead atoms. The molecule has 1 aliphatic rings. The maximum atomic E-state index is 11.8. The van der Waals surface area contributed by atoms with Gasteiger partial charge in [-0.05, 0) is 12.8 Å². The number of hydrogen-bond donors (Lipinski definition) is 1. The summed E-state index contributed by atoms with van der Waals surface area (Å²) in [5, 5.41) is 3.56. The summed E-state index contributed by atoms with van der Waals surface area (Å²) >= 11 is 5.99. The highest BCUT2D eigenvalue weighted by Gasteiger charge is 2.22. The first-order chi connectivity index (χ1) is 7.75.